The van der Waals surface area contributed by atoms with Crippen molar-refractivity contribution in [3.63, 3.8) is 0 Å². The van der Waals surface area contributed by atoms with E-state index in [0.29, 0.717) is 22.9 Å². The highest BCUT2D eigenvalue weighted by molar-refractivity contribution is 8.04. The summed E-state index contributed by atoms with van der Waals surface area (Å²) < 4.78 is 0. The van der Waals surface area contributed by atoms with Crippen molar-refractivity contribution in [2.75, 3.05) is 0 Å². The molecule has 2 aliphatic rings. The third-order valence-electron chi connectivity index (χ3n) is 5.04. The first-order valence-corrected chi connectivity index (χ1v) is 10.5. The van der Waals surface area contributed by atoms with Crippen LogP contribution in [-0.4, -0.2) is 16.9 Å². The molecule has 0 spiro atoms. The molecule has 2 aromatic rings. The summed E-state index contributed by atoms with van der Waals surface area (Å²) in [6.45, 7) is 4.12. The summed E-state index contributed by atoms with van der Waals surface area (Å²) in [4.78, 5) is 18.5. The minimum Gasteiger partial charge on any atom is -0.400 e. The number of benzene rings is 2. The number of hydrogen-bond donors (Lipinski definition) is 1. The standard InChI is InChI=1S/C24H24N2OS/c1-15(2)13-20(27)23-22(25)21-18(16-9-5-3-6-10-16)14-19(26-24(21)28-23)17-11-7-4-8-12-17/h3-12,14-15,21,24H,13,25H2,1-2H3. The predicted molar refractivity (Wildman–Crippen MR) is 118 cm³/mol. The third-order valence-corrected chi connectivity index (χ3v) is 6.36. The Labute approximate surface area is 170 Å². The topological polar surface area (TPSA) is 55.5 Å². The van der Waals surface area contributed by atoms with Crippen LogP contribution in [-0.2, 0) is 4.79 Å². The summed E-state index contributed by atoms with van der Waals surface area (Å²) in [6, 6.07) is 20.5. The number of ketones is 1. The average Bonchev–Trinajstić information content (AvgIpc) is 3.05. The maximum Gasteiger partial charge on any atom is 0.171 e. The van der Waals surface area contributed by atoms with Gasteiger partial charge < -0.3 is 5.73 Å². The molecule has 0 saturated heterocycles. The molecular formula is C24H24N2OS. The zero-order valence-electron chi connectivity index (χ0n) is 16.1. The maximum atomic E-state index is 12.8. The number of aliphatic imine (C=N–C) groups is 1. The molecule has 0 bridgehead atoms. The minimum atomic E-state index is -0.0958. The molecule has 0 aromatic heterocycles. The number of Topliss-reactive ketones (excluding diaryl/α,β-unsaturated/α-hetero) is 1. The molecule has 2 heterocycles. The molecular weight excluding hydrogens is 364 g/mol. The molecule has 142 valence electrons. The zero-order valence-corrected chi connectivity index (χ0v) is 16.9. The number of carbonyl (C=O) groups is 1. The Morgan fingerprint density at radius 3 is 2.25 bits per heavy atom. The van der Waals surface area contributed by atoms with E-state index in [1.54, 1.807) is 0 Å². The van der Waals surface area contributed by atoms with Gasteiger partial charge in [-0.1, -0.05) is 86.3 Å². The molecule has 28 heavy (non-hydrogen) atoms. The van der Waals surface area contributed by atoms with E-state index in [1.165, 1.54) is 11.8 Å². The first-order chi connectivity index (χ1) is 13.5. The molecule has 4 heteroatoms. The van der Waals surface area contributed by atoms with E-state index in [1.807, 2.05) is 36.4 Å². The lowest BCUT2D eigenvalue weighted by molar-refractivity contribution is -0.115. The molecule has 2 aliphatic heterocycles. The highest BCUT2D eigenvalue weighted by Gasteiger charge is 2.41. The Kier molecular flexibility index (Phi) is 5.23. The van der Waals surface area contributed by atoms with E-state index in [4.69, 9.17) is 10.7 Å². The number of fused-ring (bicyclic) bond motifs is 1. The first kappa shape index (κ1) is 18.8. The van der Waals surface area contributed by atoms with Crippen LogP contribution in [0.1, 0.15) is 31.4 Å². The van der Waals surface area contributed by atoms with Crippen LogP contribution in [0.15, 0.2) is 82.3 Å². The van der Waals surface area contributed by atoms with E-state index in [2.05, 4.69) is 44.2 Å². The highest BCUT2D eigenvalue weighted by Crippen LogP contribution is 2.49. The fourth-order valence-electron chi connectivity index (χ4n) is 3.74. The van der Waals surface area contributed by atoms with E-state index in [0.717, 1.165) is 22.4 Å². The normalized spacial score (nSPS) is 21.4. The molecule has 0 aliphatic carbocycles. The average molecular weight is 389 g/mol. The Balaban J connectivity index is 1.78. The second kappa shape index (κ2) is 7.80. The van der Waals surface area contributed by atoms with E-state index in [-0.39, 0.29) is 17.1 Å². The molecule has 2 aromatic carbocycles. The molecule has 0 fully saturated rings. The van der Waals surface area contributed by atoms with Gasteiger partial charge in [-0.15, -0.1) is 0 Å². The van der Waals surface area contributed by atoms with Gasteiger partial charge in [0.05, 0.1) is 16.5 Å². The van der Waals surface area contributed by atoms with Gasteiger partial charge in [0, 0.05) is 12.1 Å². The van der Waals surface area contributed by atoms with Gasteiger partial charge in [-0.25, -0.2) is 0 Å². The molecule has 0 saturated carbocycles. The van der Waals surface area contributed by atoms with Gasteiger partial charge in [0.1, 0.15) is 5.37 Å². The van der Waals surface area contributed by atoms with Crippen LogP contribution < -0.4 is 5.73 Å². The molecule has 3 nitrogen and oxygen atoms in total. The van der Waals surface area contributed by atoms with Crippen LogP contribution in [0.25, 0.3) is 5.57 Å². The molecule has 4 rings (SSSR count). The fraction of sp³-hybridized carbons (Fsp3) is 0.250. The minimum absolute atomic E-state index is 0.0639. The third kappa shape index (κ3) is 3.57. The number of nitrogens with two attached hydrogens (primary N) is 1. The first-order valence-electron chi connectivity index (χ1n) is 9.64. The lowest BCUT2D eigenvalue weighted by atomic mass is 9.85. The monoisotopic (exact) mass is 388 g/mol. The number of rotatable bonds is 5. The smallest absolute Gasteiger partial charge is 0.171 e. The summed E-state index contributed by atoms with van der Waals surface area (Å²) in [6.07, 6.45) is 2.65. The van der Waals surface area contributed by atoms with Gasteiger partial charge in [-0.3, -0.25) is 9.79 Å². The lowest BCUT2D eigenvalue weighted by Gasteiger charge is -2.26. The van der Waals surface area contributed by atoms with Crippen molar-refractivity contribution in [3.05, 3.63) is 88.5 Å². The number of thioether (sulfide) groups is 1. The van der Waals surface area contributed by atoms with Crippen LogP contribution in [0, 0.1) is 11.8 Å². The number of dihydropyridines is 1. The Hall–Kier alpha value is -2.59. The summed E-state index contributed by atoms with van der Waals surface area (Å²) in [5, 5.41) is -0.0958. The van der Waals surface area contributed by atoms with Gasteiger partial charge in [-0.2, -0.15) is 0 Å². The molecule has 0 amide bonds. The van der Waals surface area contributed by atoms with Crippen molar-refractivity contribution in [1.29, 1.82) is 0 Å². The van der Waals surface area contributed by atoms with Gasteiger partial charge in [-0.05, 0) is 28.7 Å². The van der Waals surface area contributed by atoms with Crippen molar-refractivity contribution in [1.82, 2.24) is 0 Å². The zero-order chi connectivity index (χ0) is 19.7. The van der Waals surface area contributed by atoms with Gasteiger partial charge >= 0.3 is 0 Å². The fourth-order valence-corrected chi connectivity index (χ4v) is 5.05. The summed E-state index contributed by atoms with van der Waals surface area (Å²) in [7, 11) is 0. The second-order valence-corrected chi connectivity index (χ2v) is 8.76. The number of hydrogen-bond acceptors (Lipinski definition) is 4. The summed E-state index contributed by atoms with van der Waals surface area (Å²) in [5.41, 5.74) is 11.5. The number of carbonyl (C=O) groups excluding carboxylic acids is 1. The Bertz CT molecular complexity index is 974. The maximum absolute atomic E-state index is 12.8. The molecule has 0 radical (unpaired) electrons. The van der Waals surface area contributed by atoms with Crippen molar-refractivity contribution >= 4 is 28.8 Å². The molecule has 2 unspecified atom stereocenters. The van der Waals surface area contributed by atoms with Crippen molar-refractivity contribution < 1.29 is 4.79 Å². The summed E-state index contributed by atoms with van der Waals surface area (Å²) in [5.74, 6) is 0.380. The quantitative estimate of drug-likeness (QED) is 0.780. The van der Waals surface area contributed by atoms with E-state index >= 15 is 0 Å². The second-order valence-electron chi connectivity index (χ2n) is 7.64. The SMILES string of the molecule is CC(C)CC(=O)C1=C(N)C2C(c3ccccc3)=CC(c3ccccc3)=NC2S1. The van der Waals surface area contributed by atoms with Crippen LogP contribution in [0.3, 0.4) is 0 Å². The van der Waals surface area contributed by atoms with Gasteiger partial charge in [0.15, 0.2) is 5.78 Å². The molecule has 2 atom stereocenters. The van der Waals surface area contributed by atoms with Gasteiger partial charge in [0.25, 0.3) is 0 Å². The summed E-state index contributed by atoms with van der Waals surface area (Å²) >= 11 is 1.53. The molecule has 2 N–H and O–H groups in total. The van der Waals surface area contributed by atoms with Crippen LogP contribution in [0.5, 0.6) is 0 Å². The Morgan fingerprint density at radius 1 is 1.04 bits per heavy atom. The predicted octanol–water partition coefficient (Wildman–Crippen LogP) is 5.05. The van der Waals surface area contributed by atoms with Crippen LogP contribution in [0.4, 0.5) is 0 Å². The highest BCUT2D eigenvalue weighted by atomic mass is 32.2. The van der Waals surface area contributed by atoms with E-state index < -0.39 is 0 Å². The lowest BCUT2D eigenvalue weighted by Crippen LogP contribution is -2.25. The number of allylic oxidation sites excluding steroid dienone is 2. The van der Waals surface area contributed by atoms with Crippen molar-refractivity contribution in [2.45, 2.75) is 25.6 Å². The van der Waals surface area contributed by atoms with Crippen LogP contribution >= 0.6 is 11.8 Å². The van der Waals surface area contributed by atoms with Crippen LogP contribution in [0.2, 0.25) is 0 Å². The number of nitrogens with zero attached hydrogens (tertiary/aromatic N) is 1. The van der Waals surface area contributed by atoms with Gasteiger partial charge in [0.2, 0.25) is 0 Å². The van der Waals surface area contributed by atoms with Crippen molar-refractivity contribution in [3.8, 4) is 0 Å². The largest absolute Gasteiger partial charge is 0.400 e. The van der Waals surface area contributed by atoms with Crippen molar-refractivity contribution in [2.24, 2.45) is 22.6 Å². The Morgan fingerprint density at radius 2 is 1.64 bits per heavy atom. The van der Waals surface area contributed by atoms with E-state index in [9.17, 15) is 4.79 Å².